The predicted molar refractivity (Wildman–Crippen MR) is 124 cm³/mol. The van der Waals surface area contributed by atoms with Gasteiger partial charge in [-0.05, 0) is 61.7 Å². The summed E-state index contributed by atoms with van der Waals surface area (Å²) in [5, 5.41) is 3.00. The van der Waals surface area contributed by atoms with Gasteiger partial charge in [-0.2, -0.15) is 0 Å². The quantitative estimate of drug-likeness (QED) is 0.541. The van der Waals surface area contributed by atoms with Crippen molar-refractivity contribution in [3.8, 4) is 17.2 Å². The smallest absolute Gasteiger partial charge is 0.261 e. The predicted octanol–water partition coefficient (Wildman–Crippen LogP) is 3.80. The van der Waals surface area contributed by atoms with Gasteiger partial charge in [0.1, 0.15) is 23.3 Å². The Morgan fingerprint density at radius 1 is 0.875 bits per heavy atom. The Kier molecular flexibility index (Phi) is 9.85. The van der Waals surface area contributed by atoms with Crippen molar-refractivity contribution in [3.63, 3.8) is 0 Å². The topological polar surface area (TPSA) is 77.1 Å². The summed E-state index contributed by atoms with van der Waals surface area (Å²) >= 11 is 0. The Hall–Kier alpha value is -3.22. The minimum absolute atomic E-state index is 0.0324. The van der Waals surface area contributed by atoms with E-state index in [2.05, 4.69) is 5.32 Å². The lowest BCUT2D eigenvalue weighted by Gasteiger charge is -2.31. The van der Waals surface area contributed by atoms with Crippen molar-refractivity contribution in [1.29, 1.82) is 0 Å². The van der Waals surface area contributed by atoms with Crippen LogP contribution in [0.2, 0.25) is 0 Å². The van der Waals surface area contributed by atoms with Crippen molar-refractivity contribution >= 4 is 11.8 Å². The Morgan fingerprint density at radius 3 is 1.91 bits per heavy atom. The van der Waals surface area contributed by atoms with Crippen LogP contribution in [0.25, 0.3) is 0 Å². The average molecular weight is 443 g/mol. The fourth-order valence-corrected chi connectivity index (χ4v) is 3.19. The molecule has 7 heteroatoms. The van der Waals surface area contributed by atoms with Gasteiger partial charge in [-0.25, -0.2) is 0 Å². The van der Waals surface area contributed by atoms with Crippen LogP contribution in [0.15, 0.2) is 48.5 Å². The van der Waals surface area contributed by atoms with Gasteiger partial charge in [0.05, 0.1) is 14.2 Å². The van der Waals surface area contributed by atoms with Crippen LogP contribution in [-0.2, 0) is 16.1 Å². The summed E-state index contributed by atoms with van der Waals surface area (Å²) in [6.45, 7) is 5.98. The summed E-state index contributed by atoms with van der Waals surface area (Å²) < 4.78 is 16.1. The second-order valence-electron chi connectivity index (χ2n) is 7.58. The van der Waals surface area contributed by atoms with Crippen molar-refractivity contribution in [1.82, 2.24) is 10.2 Å². The summed E-state index contributed by atoms with van der Waals surface area (Å²) in [4.78, 5) is 27.7. The number of hydrogen-bond acceptors (Lipinski definition) is 5. The minimum atomic E-state index is -0.599. The molecule has 174 valence electrons. The third-order valence-electron chi connectivity index (χ3n) is 5.32. The molecule has 2 aromatic rings. The molecule has 0 bridgehead atoms. The number of carbonyl (C=O) groups excluding carboxylic acids is 2. The van der Waals surface area contributed by atoms with Crippen LogP contribution in [0.5, 0.6) is 17.2 Å². The molecule has 0 aromatic heterocycles. The SMILES string of the molecule is CC[C@@H](C)NC(=O)[C@H](CC)N(Cc1ccc(OC)cc1)C(=O)COc1ccc(OC)cc1. The first kappa shape index (κ1) is 25.0. The molecule has 0 saturated heterocycles. The summed E-state index contributed by atoms with van der Waals surface area (Å²) in [7, 11) is 3.19. The van der Waals surface area contributed by atoms with E-state index in [9.17, 15) is 9.59 Å². The van der Waals surface area contributed by atoms with E-state index in [1.165, 1.54) is 0 Å². The molecule has 0 saturated carbocycles. The van der Waals surface area contributed by atoms with Crippen LogP contribution in [0.3, 0.4) is 0 Å². The van der Waals surface area contributed by atoms with Crippen molar-refractivity contribution in [3.05, 3.63) is 54.1 Å². The molecular weight excluding hydrogens is 408 g/mol. The van der Waals surface area contributed by atoms with Gasteiger partial charge in [-0.1, -0.05) is 26.0 Å². The standard InChI is InChI=1S/C25H34N2O5/c1-6-18(3)26-25(29)23(7-2)27(16-19-8-10-20(30-4)11-9-19)24(28)17-32-22-14-12-21(31-5)13-15-22/h8-15,18,23H,6-7,16-17H2,1-5H3,(H,26,29)/t18-,23+/m1/s1. The molecule has 0 aliphatic heterocycles. The molecule has 0 fully saturated rings. The third kappa shape index (κ3) is 7.18. The zero-order valence-electron chi connectivity index (χ0n) is 19.6. The number of ether oxygens (including phenoxy) is 3. The van der Waals surface area contributed by atoms with Gasteiger partial charge in [0.2, 0.25) is 5.91 Å². The number of nitrogens with zero attached hydrogens (tertiary/aromatic N) is 1. The van der Waals surface area contributed by atoms with E-state index in [4.69, 9.17) is 14.2 Å². The Balaban J connectivity index is 2.19. The highest BCUT2D eigenvalue weighted by atomic mass is 16.5. The lowest BCUT2D eigenvalue weighted by molar-refractivity contribution is -0.143. The Bertz CT molecular complexity index is 852. The fraction of sp³-hybridized carbons (Fsp3) is 0.440. The van der Waals surface area contributed by atoms with E-state index in [1.54, 1.807) is 43.4 Å². The maximum Gasteiger partial charge on any atom is 0.261 e. The van der Waals surface area contributed by atoms with Crippen molar-refractivity contribution in [2.24, 2.45) is 0 Å². The second-order valence-corrected chi connectivity index (χ2v) is 7.58. The number of rotatable bonds is 12. The zero-order valence-corrected chi connectivity index (χ0v) is 19.6. The van der Waals surface area contributed by atoms with Crippen LogP contribution in [0, 0.1) is 0 Å². The first-order valence-corrected chi connectivity index (χ1v) is 10.9. The molecule has 32 heavy (non-hydrogen) atoms. The molecule has 7 nitrogen and oxygen atoms in total. The highest BCUT2D eigenvalue weighted by molar-refractivity contribution is 5.88. The lowest BCUT2D eigenvalue weighted by atomic mass is 10.1. The first-order valence-electron chi connectivity index (χ1n) is 10.9. The maximum absolute atomic E-state index is 13.2. The molecule has 0 spiro atoms. The lowest BCUT2D eigenvalue weighted by Crippen LogP contribution is -2.51. The van der Waals surface area contributed by atoms with E-state index in [0.717, 1.165) is 17.7 Å². The van der Waals surface area contributed by atoms with Gasteiger partial charge in [0, 0.05) is 12.6 Å². The summed E-state index contributed by atoms with van der Waals surface area (Å²) in [5.41, 5.74) is 0.901. The molecule has 0 aliphatic carbocycles. The molecule has 2 aromatic carbocycles. The molecule has 2 rings (SSSR count). The maximum atomic E-state index is 13.2. The average Bonchev–Trinajstić information content (AvgIpc) is 2.82. The number of benzene rings is 2. The summed E-state index contributed by atoms with van der Waals surface area (Å²) in [6.07, 6.45) is 1.31. The highest BCUT2D eigenvalue weighted by Gasteiger charge is 2.29. The second kappa shape index (κ2) is 12.6. The van der Waals surface area contributed by atoms with Crippen molar-refractivity contribution in [2.75, 3.05) is 20.8 Å². The molecule has 0 aliphatic rings. The highest BCUT2D eigenvalue weighted by Crippen LogP contribution is 2.19. The first-order chi connectivity index (χ1) is 15.4. The van der Waals surface area contributed by atoms with Gasteiger partial charge >= 0.3 is 0 Å². The Morgan fingerprint density at radius 2 is 1.41 bits per heavy atom. The Labute approximate surface area is 190 Å². The van der Waals surface area contributed by atoms with E-state index < -0.39 is 6.04 Å². The van der Waals surface area contributed by atoms with E-state index in [1.807, 2.05) is 45.0 Å². The van der Waals surface area contributed by atoms with Gasteiger partial charge < -0.3 is 24.4 Å². The van der Waals surface area contributed by atoms with Crippen LogP contribution in [0.4, 0.5) is 0 Å². The molecular formula is C25H34N2O5. The van der Waals surface area contributed by atoms with Gasteiger partial charge in [0.15, 0.2) is 6.61 Å². The summed E-state index contributed by atoms with van der Waals surface area (Å²) in [5.74, 6) is 1.57. The van der Waals surface area contributed by atoms with Crippen LogP contribution < -0.4 is 19.5 Å². The van der Waals surface area contributed by atoms with E-state index in [-0.39, 0.29) is 24.5 Å². The molecule has 2 atom stereocenters. The number of methoxy groups -OCH3 is 2. The number of nitrogens with one attached hydrogen (secondary N) is 1. The molecule has 1 N–H and O–H groups in total. The molecule has 0 unspecified atom stereocenters. The van der Waals surface area contributed by atoms with Crippen molar-refractivity contribution in [2.45, 2.75) is 52.2 Å². The number of amides is 2. The van der Waals surface area contributed by atoms with E-state index >= 15 is 0 Å². The monoisotopic (exact) mass is 442 g/mol. The fourth-order valence-electron chi connectivity index (χ4n) is 3.19. The molecule has 0 radical (unpaired) electrons. The normalized spacial score (nSPS) is 12.4. The van der Waals surface area contributed by atoms with Gasteiger partial charge in [-0.15, -0.1) is 0 Å². The zero-order chi connectivity index (χ0) is 23.5. The van der Waals surface area contributed by atoms with E-state index in [0.29, 0.717) is 24.5 Å². The van der Waals surface area contributed by atoms with Crippen molar-refractivity contribution < 1.29 is 23.8 Å². The van der Waals surface area contributed by atoms with Gasteiger partial charge in [0.25, 0.3) is 5.91 Å². The van der Waals surface area contributed by atoms with Crippen LogP contribution >= 0.6 is 0 Å². The van der Waals surface area contributed by atoms with Crippen LogP contribution in [0.1, 0.15) is 39.2 Å². The molecule has 0 heterocycles. The largest absolute Gasteiger partial charge is 0.497 e. The molecule has 2 amide bonds. The minimum Gasteiger partial charge on any atom is -0.497 e. The third-order valence-corrected chi connectivity index (χ3v) is 5.32. The van der Waals surface area contributed by atoms with Crippen LogP contribution in [-0.4, -0.2) is 49.6 Å². The summed E-state index contributed by atoms with van der Waals surface area (Å²) in [6, 6.07) is 13.9. The number of carbonyl (C=O) groups is 2. The number of hydrogen-bond donors (Lipinski definition) is 1. The van der Waals surface area contributed by atoms with Gasteiger partial charge in [-0.3, -0.25) is 9.59 Å².